The average Bonchev–Trinajstić information content (AvgIpc) is 3.35. The zero-order valence-electron chi connectivity index (χ0n) is 43.1. The van der Waals surface area contributed by atoms with E-state index in [1.54, 1.807) is 12.4 Å². The van der Waals surface area contributed by atoms with Crippen LogP contribution < -0.4 is 43.6 Å². The lowest BCUT2D eigenvalue weighted by Crippen LogP contribution is -2.41. The molecule has 6 amide bonds. The van der Waals surface area contributed by atoms with Crippen molar-refractivity contribution in [2.45, 2.75) is 174 Å². The van der Waals surface area contributed by atoms with Crippen molar-refractivity contribution in [1.82, 2.24) is 32.1 Å². The number of carbonyl (C=O) groups excluding carboxylic acids is 6. The molecule has 0 aromatic heterocycles. The summed E-state index contributed by atoms with van der Waals surface area (Å²) in [7, 11) is 4.91. The fraction of sp³-hybridized carbons (Fsp3) is 0.812. The van der Waals surface area contributed by atoms with Gasteiger partial charge in [0.25, 0.3) is 11.8 Å². The van der Waals surface area contributed by atoms with Gasteiger partial charge >= 0.3 is 0 Å². The highest BCUT2D eigenvalue weighted by Crippen LogP contribution is 2.21. The van der Waals surface area contributed by atoms with E-state index in [1.807, 2.05) is 0 Å². The van der Waals surface area contributed by atoms with Gasteiger partial charge in [0.05, 0.1) is 36.2 Å². The van der Waals surface area contributed by atoms with E-state index < -0.39 is 11.9 Å². The molecule has 410 valence electrons. The van der Waals surface area contributed by atoms with E-state index in [0.29, 0.717) is 26.1 Å². The standard InChI is InChI=1S/C48H91N11O8S4/c1-3-5-7-9-11-13-15-17-19-21-33-66-35-23-27-55-58-45(63)39-70-68-37-43(61)52-30-29-51-42(60)26-25-41(57-48(49)50)47(65)54-32-31-53-44(62)38-69-71-40-46(64)59-56-28-24-36-67-34-22-20-18-16-14-12-10-8-6-4-2/h27-28,41H,3-26,29-40H2,1-2H3,(H,51,60)(H,52,61)(H,53,62)(H,54,65)(H,58,63)(H,59,64)(H4,49,50,57)/b55-27-,56-28-/t41-/m0/s1. The number of unbranched alkanes of at least 4 members (excludes halogenated alkanes) is 18. The Bertz CT molecular complexity index is 1470. The van der Waals surface area contributed by atoms with Crippen LogP contribution in [0.4, 0.5) is 0 Å². The fourth-order valence-electron chi connectivity index (χ4n) is 6.47. The molecule has 0 unspecified atom stereocenters. The van der Waals surface area contributed by atoms with Crippen LogP contribution in [0.1, 0.15) is 168 Å². The first-order valence-electron chi connectivity index (χ1n) is 26.0. The number of ether oxygens (including phenoxy) is 2. The van der Waals surface area contributed by atoms with E-state index in [-0.39, 0.29) is 97.5 Å². The van der Waals surface area contributed by atoms with Crippen LogP contribution in [-0.2, 0) is 38.2 Å². The first-order chi connectivity index (χ1) is 34.6. The van der Waals surface area contributed by atoms with E-state index in [2.05, 4.69) is 61.2 Å². The molecular formula is C48H91N11O8S4. The van der Waals surface area contributed by atoms with Gasteiger partial charge in [-0.25, -0.2) is 15.8 Å². The van der Waals surface area contributed by atoms with Gasteiger partial charge in [-0.15, -0.1) is 0 Å². The summed E-state index contributed by atoms with van der Waals surface area (Å²) < 4.78 is 11.3. The molecular weight excluding hydrogens is 987 g/mol. The fourth-order valence-corrected chi connectivity index (χ4v) is 9.85. The smallest absolute Gasteiger partial charge is 0.250 e. The van der Waals surface area contributed by atoms with E-state index in [4.69, 9.17) is 20.9 Å². The lowest BCUT2D eigenvalue weighted by molar-refractivity contribution is -0.124. The molecule has 10 N–H and O–H groups in total. The van der Waals surface area contributed by atoms with Crippen molar-refractivity contribution in [2.75, 3.05) is 75.6 Å². The molecule has 0 spiro atoms. The highest BCUT2D eigenvalue weighted by molar-refractivity contribution is 8.77. The summed E-state index contributed by atoms with van der Waals surface area (Å²) in [5.41, 5.74) is 16.0. The van der Waals surface area contributed by atoms with Crippen molar-refractivity contribution < 1.29 is 38.2 Å². The van der Waals surface area contributed by atoms with Gasteiger partial charge in [0.1, 0.15) is 6.04 Å². The molecule has 0 aliphatic heterocycles. The number of amides is 6. The minimum atomic E-state index is -1.02. The van der Waals surface area contributed by atoms with E-state index >= 15 is 0 Å². The third-order valence-corrected chi connectivity index (χ3v) is 14.6. The molecule has 0 saturated carbocycles. The number of nitrogens with two attached hydrogens (primary N) is 2. The molecule has 0 aromatic carbocycles. The van der Waals surface area contributed by atoms with Crippen molar-refractivity contribution in [1.29, 1.82) is 0 Å². The van der Waals surface area contributed by atoms with Crippen LogP contribution in [0.2, 0.25) is 0 Å². The SMILES string of the molecule is CCCCCCCCCCCCOCC/C=N\NC(=O)CSSCC(=O)NCCNC(=O)CC[C@H](N=C(N)N)C(=O)NCCNC(=O)CSSCC(=O)N/N=C\CCOCCCCCCCCCCCC. The number of nitrogens with one attached hydrogen (secondary N) is 6. The van der Waals surface area contributed by atoms with Gasteiger partial charge in [0.2, 0.25) is 23.6 Å². The molecule has 0 aliphatic rings. The second kappa shape index (κ2) is 53.1. The van der Waals surface area contributed by atoms with E-state index in [1.165, 1.54) is 159 Å². The van der Waals surface area contributed by atoms with Crippen molar-refractivity contribution in [3.63, 3.8) is 0 Å². The largest absolute Gasteiger partial charge is 0.381 e. The van der Waals surface area contributed by atoms with Crippen LogP contribution in [-0.4, -0.2) is 135 Å². The number of hydrogen-bond donors (Lipinski definition) is 8. The Hall–Kier alpha value is -3.25. The zero-order valence-corrected chi connectivity index (χ0v) is 46.3. The topological polar surface area (TPSA) is 282 Å². The highest BCUT2D eigenvalue weighted by atomic mass is 33.1. The summed E-state index contributed by atoms with van der Waals surface area (Å²) in [4.78, 5) is 77.5. The summed E-state index contributed by atoms with van der Waals surface area (Å²) >= 11 is 0. The molecule has 23 heteroatoms. The first-order valence-corrected chi connectivity index (χ1v) is 31.0. The molecule has 0 rings (SSSR count). The van der Waals surface area contributed by atoms with Crippen LogP contribution >= 0.6 is 43.2 Å². The average molecular weight is 1080 g/mol. The van der Waals surface area contributed by atoms with Crippen LogP contribution in [0.3, 0.4) is 0 Å². The normalized spacial score (nSPS) is 11.6. The third kappa shape index (κ3) is 51.5. The summed E-state index contributed by atoms with van der Waals surface area (Å²) in [5.74, 6) is -1.78. The number of guanidine groups is 1. The molecule has 0 bridgehead atoms. The molecule has 71 heavy (non-hydrogen) atoms. The van der Waals surface area contributed by atoms with Gasteiger partial charge in [-0.2, -0.15) is 10.2 Å². The second-order valence-corrected chi connectivity index (χ2v) is 21.8. The monoisotopic (exact) mass is 1080 g/mol. The maximum atomic E-state index is 12.8. The number of nitrogens with zero attached hydrogens (tertiary/aromatic N) is 3. The van der Waals surface area contributed by atoms with Gasteiger partial charge in [0, 0.05) is 71.1 Å². The molecule has 0 aliphatic carbocycles. The van der Waals surface area contributed by atoms with Gasteiger partial charge < -0.3 is 42.2 Å². The Kier molecular flexibility index (Phi) is 50.6. The van der Waals surface area contributed by atoms with Crippen molar-refractivity contribution in [3.05, 3.63) is 0 Å². The quantitative estimate of drug-likeness (QED) is 0.0106. The van der Waals surface area contributed by atoms with Gasteiger partial charge in [-0.05, 0) is 19.3 Å². The number of aliphatic imine (C=N–C) groups is 1. The van der Waals surface area contributed by atoms with Crippen molar-refractivity contribution >= 4 is 97.0 Å². The van der Waals surface area contributed by atoms with Gasteiger partial charge in [0.15, 0.2) is 5.96 Å². The maximum absolute atomic E-state index is 12.8. The molecule has 0 heterocycles. The number of hydrazone groups is 2. The van der Waals surface area contributed by atoms with Crippen LogP contribution in [0.15, 0.2) is 15.2 Å². The Labute approximate surface area is 441 Å². The molecule has 0 fully saturated rings. The molecule has 19 nitrogen and oxygen atoms in total. The third-order valence-electron chi connectivity index (χ3n) is 10.3. The Morgan fingerprint density at radius 2 is 0.817 bits per heavy atom. The molecule has 0 aromatic rings. The Balaban J connectivity index is 3.89. The maximum Gasteiger partial charge on any atom is 0.250 e. The summed E-state index contributed by atoms with van der Waals surface area (Å²) in [6.45, 7) is 7.69. The molecule has 1 atom stereocenters. The lowest BCUT2D eigenvalue weighted by atomic mass is 10.1. The van der Waals surface area contributed by atoms with Gasteiger partial charge in [-0.3, -0.25) is 28.8 Å². The number of carbonyl (C=O) groups is 6. The Morgan fingerprint density at radius 1 is 0.465 bits per heavy atom. The summed E-state index contributed by atoms with van der Waals surface area (Å²) in [6, 6.07) is -1.02. The summed E-state index contributed by atoms with van der Waals surface area (Å²) in [6.07, 6.45) is 30.2. The van der Waals surface area contributed by atoms with Crippen molar-refractivity contribution in [3.8, 4) is 0 Å². The molecule has 0 saturated heterocycles. The van der Waals surface area contributed by atoms with E-state index in [0.717, 1.165) is 26.1 Å². The zero-order chi connectivity index (χ0) is 52.1. The molecule has 0 radical (unpaired) electrons. The lowest BCUT2D eigenvalue weighted by Gasteiger charge is -2.14. The minimum absolute atomic E-state index is 0.0234. The minimum Gasteiger partial charge on any atom is -0.381 e. The first kappa shape index (κ1) is 67.8. The van der Waals surface area contributed by atoms with Crippen LogP contribution in [0.25, 0.3) is 0 Å². The summed E-state index contributed by atoms with van der Waals surface area (Å²) in [5, 5.41) is 18.6. The second-order valence-electron chi connectivity index (χ2n) is 16.9. The van der Waals surface area contributed by atoms with Gasteiger partial charge in [-0.1, -0.05) is 173 Å². The number of hydrogen-bond acceptors (Lipinski definition) is 15. The predicted octanol–water partition coefficient (Wildman–Crippen LogP) is 6.50. The van der Waals surface area contributed by atoms with Crippen LogP contribution in [0.5, 0.6) is 0 Å². The predicted molar refractivity (Wildman–Crippen MR) is 299 cm³/mol. The number of rotatable bonds is 51. The van der Waals surface area contributed by atoms with E-state index in [9.17, 15) is 28.8 Å². The highest BCUT2D eigenvalue weighted by Gasteiger charge is 2.19. The van der Waals surface area contributed by atoms with Crippen molar-refractivity contribution in [2.24, 2.45) is 26.7 Å². The Morgan fingerprint density at radius 3 is 1.21 bits per heavy atom. The van der Waals surface area contributed by atoms with Crippen LogP contribution in [0, 0.1) is 0 Å².